The van der Waals surface area contributed by atoms with Crippen LogP contribution in [0, 0.1) is 0 Å². The zero-order valence-electron chi connectivity index (χ0n) is 17.2. The van der Waals surface area contributed by atoms with Gasteiger partial charge in [-0.05, 0) is 42.5 Å². The molecule has 2 rings (SSSR count). The molecule has 1 aromatic heterocycles. The normalized spacial score (nSPS) is 11.1. The van der Waals surface area contributed by atoms with Crippen LogP contribution in [0.25, 0.3) is 0 Å². The number of carbonyl (C=O) groups excluding carboxylic acids is 2. The first-order valence-corrected chi connectivity index (χ1v) is 10.5. The van der Waals surface area contributed by atoms with Crippen molar-refractivity contribution in [2.75, 3.05) is 33.7 Å². The van der Waals surface area contributed by atoms with Crippen molar-refractivity contribution in [3.63, 3.8) is 0 Å². The number of rotatable bonds is 9. The van der Waals surface area contributed by atoms with Gasteiger partial charge in [0.2, 0.25) is 0 Å². The Hall–Kier alpha value is -2.87. The minimum atomic E-state index is -0.0308. The molecule has 0 radical (unpaired) electrons. The average Bonchev–Trinajstić information content (AvgIpc) is 3.26. The maximum Gasteiger partial charge on any atom is 0.261 e. The van der Waals surface area contributed by atoms with Gasteiger partial charge in [-0.3, -0.25) is 9.59 Å². The van der Waals surface area contributed by atoms with Gasteiger partial charge in [-0.25, -0.2) is 4.99 Å². The van der Waals surface area contributed by atoms with Crippen molar-refractivity contribution in [2.24, 2.45) is 4.99 Å². The van der Waals surface area contributed by atoms with E-state index >= 15 is 0 Å². The molecule has 0 aliphatic heterocycles. The summed E-state index contributed by atoms with van der Waals surface area (Å²) >= 11 is 1.44. The summed E-state index contributed by atoms with van der Waals surface area (Å²) in [5, 5.41) is 11.3. The lowest BCUT2D eigenvalue weighted by Gasteiger charge is -2.12. The van der Waals surface area contributed by atoms with E-state index in [9.17, 15) is 9.59 Å². The molecule has 3 N–H and O–H groups in total. The van der Waals surface area contributed by atoms with Gasteiger partial charge in [0.1, 0.15) is 0 Å². The smallest absolute Gasteiger partial charge is 0.261 e. The Bertz CT molecular complexity index is 801. The summed E-state index contributed by atoms with van der Waals surface area (Å²) in [5.74, 6) is 0.684. The first kappa shape index (κ1) is 22.4. The van der Waals surface area contributed by atoms with E-state index in [0.29, 0.717) is 25.2 Å². The van der Waals surface area contributed by atoms with Crippen molar-refractivity contribution in [2.45, 2.75) is 19.9 Å². The molecule has 156 valence electrons. The fourth-order valence-corrected chi connectivity index (χ4v) is 3.16. The molecule has 1 aromatic carbocycles. The third-order valence-corrected chi connectivity index (χ3v) is 4.92. The van der Waals surface area contributed by atoms with Gasteiger partial charge >= 0.3 is 0 Å². The number of benzene rings is 1. The van der Waals surface area contributed by atoms with Crippen LogP contribution in [0.2, 0.25) is 0 Å². The number of nitrogens with zero attached hydrogens (tertiary/aromatic N) is 2. The minimum Gasteiger partial charge on any atom is -0.357 e. The Morgan fingerprint density at radius 2 is 1.76 bits per heavy atom. The highest BCUT2D eigenvalue weighted by atomic mass is 32.1. The van der Waals surface area contributed by atoms with E-state index < -0.39 is 0 Å². The number of aliphatic imine (C=N–C) groups is 1. The summed E-state index contributed by atoms with van der Waals surface area (Å²) < 4.78 is 0. The molecule has 0 aliphatic rings. The van der Waals surface area contributed by atoms with Gasteiger partial charge in [0.15, 0.2) is 5.96 Å². The molecule has 0 fully saturated rings. The Morgan fingerprint density at radius 3 is 2.38 bits per heavy atom. The maximum atomic E-state index is 11.9. The highest BCUT2D eigenvalue weighted by molar-refractivity contribution is 7.12. The lowest BCUT2D eigenvalue weighted by atomic mass is 10.1. The Kier molecular flexibility index (Phi) is 9.17. The van der Waals surface area contributed by atoms with Crippen LogP contribution in [-0.2, 0) is 6.54 Å². The topological polar surface area (TPSA) is 85.8 Å². The summed E-state index contributed by atoms with van der Waals surface area (Å²) in [4.78, 5) is 30.7. The Balaban J connectivity index is 1.77. The molecule has 0 aliphatic carbocycles. The maximum absolute atomic E-state index is 11.9. The molecule has 0 atom stereocenters. The second-order valence-electron chi connectivity index (χ2n) is 6.61. The van der Waals surface area contributed by atoms with Crippen molar-refractivity contribution >= 4 is 29.1 Å². The molecule has 0 spiro atoms. The van der Waals surface area contributed by atoms with Crippen LogP contribution in [0.1, 0.15) is 38.9 Å². The minimum absolute atomic E-state index is 0.0128. The predicted molar refractivity (Wildman–Crippen MR) is 119 cm³/mol. The Labute approximate surface area is 176 Å². The van der Waals surface area contributed by atoms with Gasteiger partial charge in [0.05, 0.1) is 11.4 Å². The number of nitrogens with one attached hydrogen (secondary N) is 3. The molecule has 0 unspecified atom stereocenters. The summed E-state index contributed by atoms with van der Waals surface area (Å²) in [5.41, 5.74) is 1.69. The Morgan fingerprint density at radius 1 is 1.03 bits per heavy atom. The first-order valence-electron chi connectivity index (χ1n) is 9.65. The summed E-state index contributed by atoms with van der Waals surface area (Å²) in [6.07, 6.45) is 0.795. The lowest BCUT2D eigenvalue weighted by molar-refractivity contribution is 0.0827. The lowest BCUT2D eigenvalue weighted by Crippen LogP contribution is -2.38. The van der Waals surface area contributed by atoms with Crippen molar-refractivity contribution in [1.82, 2.24) is 20.9 Å². The van der Waals surface area contributed by atoms with Crippen molar-refractivity contribution in [3.8, 4) is 0 Å². The zero-order chi connectivity index (χ0) is 21.1. The van der Waals surface area contributed by atoms with Gasteiger partial charge < -0.3 is 20.9 Å². The van der Waals surface area contributed by atoms with Crippen LogP contribution < -0.4 is 16.0 Å². The van der Waals surface area contributed by atoms with Crippen LogP contribution >= 0.6 is 11.3 Å². The number of carbonyl (C=O) groups is 2. The fraction of sp³-hybridized carbons (Fsp3) is 0.381. The molecule has 0 saturated heterocycles. The van der Waals surface area contributed by atoms with E-state index in [0.717, 1.165) is 29.4 Å². The molecule has 0 bridgehead atoms. The fourth-order valence-electron chi connectivity index (χ4n) is 2.51. The largest absolute Gasteiger partial charge is 0.357 e. The van der Waals surface area contributed by atoms with Crippen molar-refractivity contribution in [3.05, 3.63) is 57.8 Å². The standard InChI is InChI=1S/C21H29N5O2S/c1-4-22-21(24-13-6-12-23-19(27)18-7-5-14-29-18)25-15-16-8-10-17(11-9-16)20(28)26(2)3/h5,7-11,14H,4,6,12-13,15H2,1-3H3,(H,23,27)(H2,22,24,25). The molecule has 8 heteroatoms. The number of guanidine groups is 1. The summed E-state index contributed by atoms with van der Waals surface area (Å²) in [7, 11) is 3.48. The van der Waals surface area contributed by atoms with Crippen LogP contribution in [0.4, 0.5) is 0 Å². The molecular formula is C21H29N5O2S. The van der Waals surface area contributed by atoms with Crippen LogP contribution in [0.3, 0.4) is 0 Å². The zero-order valence-corrected chi connectivity index (χ0v) is 18.0. The van der Waals surface area contributed by atoms with E-state index in [-0.39, 0.29) is 11.8 Å². The highest BCUT2D eigenvalue weighted by Gasteiger charge is 2.07. The SMILES string of the molecule is CCNC(=NCc1ccc(C(=O)N(C)C)cc1)NCCCNC(=O)c1cccs1. The third-order valence-electron chi connectivity index (χ3n) is 4.05. The van der Waals surface area contributed by atoms with E-state index in [4.69, 9.17) is 0 Å². The molecule has 2 amide bonds. The monoisotopic (exact) mass is 415 g/mol. The van der Waals surface area contributed by atoms with Gasteiger partial charge in [0, 0.05) is 39.3 Å². The molecular weight excluding hydrogens is 386 g/mol. The van der Waals surface area contributed by atoms with Crippen molar-refractivity contribution in [1.29, 1.82) is 0 Å². The van der Waals surface area contributed by atoms with Crippen LogP contribution in [-0.4, -0.2) is 56.4 Å². The second kappa shape index (κ2) is 11.9. The molecule has 29 heavy (non-hydrogen) atoms. The molecule has 0 saturated carbocycles. The van der Waals surface area contributed by atoms with Crippen LogP contribution in [0.5, 0.6) is 0 Å². The second-order valence-corrected chi connectivity index (χ2v) is 7.55. The summed E-state index contributed by atoms with van der Waals surface area (Å²) in [6.45, 7) is 4.59. The van der Waals surface area contributed by atoms with Crippen molar-refractivity contribution < 1.29 is 9.59 Å². The van der Waals surface area contributed by atoms with E-state index in [1.807, 2.05) is 48.7 Å². The molecule has 1 heterocycles. The van der Waals surface area contributed by atoms with Gasteiger partial charge in [0.25, 0.3) is 11.8 Å². The van der Waals surface area contributed by atoms with E-state index in [1.54, 1.807) is 19.0 Å². The predicted octanol–water partition coefficient (Wildman–Crippen LogP) is 2.33. The first-order chi connectivity index (χ1) is 14.0. The molecule has 2 aromatic rings. The van der Waals surface area contributed by atoms with Gasteiger partial charge in [-0.1, -0.05) is 18.2 Å². The third kappa shape index (κ3) is 7.57. The quantitative estimate of drug-likeness (QED) is 0.333. The van der Waals surface area contributed by atoms with Crippen LogP contribution in [0.15, 0.2) is 46.8 Å². The average molecular weight is 416 g/mol. The number of hydrogen-bond donors (Lipinski definition) is 3. The number of thiophene rings is 1. The number of amides is 2. The summed E-state index contributed by atoms with van der Waals surface area (Å²) in [6, 6.07) is 11.2. The van der Waals surface area contributed by atoms with Gasteiger partial charge in [-0.2, -0.15) is 0 Å². The van der Waals surface area contributed by atoms with E-state index in [2.05, 4.69) is 20.9 Å². The number of hydrogen-bond acceptors (Lipinski definition) is 4. The van der Waals surface area contributed by atoms with Gasteiger partial charge in [-0.15, -0.1) is 11.3 Å². The van der Waals surface area contributed by atoms with E-state index in [1.165, 1.54) is 11.3 Å². The highest BCUT2D eigenvalue weighted by Crippen LogP contribution is 2.08. The molecule has 7 nitrogen and oxygen atoms in total.